The second-order valence-corrected chi connectivity index (χ2v) is 9.67. The van der Waals surface area contributed by atoms with Crippen molar-refractivity contribution in [2.24, 2.45) is 4.99 Å². The molecule has 0 aliphatic heterocycles. The molecule has 1 aromatic heterocycles. The largest absolute Gasteiger partial charge is 0.494 e. The highest BCUT2D eigenvalue weighted by molar-refractivity contribution is 6.31. The van der Waals surface area contributed by atoms with Crippen LogP contribution in [0.4, 0.5) is 11.4 Å². The quantitative estimate of drug-likeness (QED) is 0.143. The Morgan fingerprint density at radius 2 is 1.85 bits per heavy atom. The maximum absolute atomic E-state index is 12.3. The molecule has 0 spiro atoms. The summed E-state index contributed by atoms with van der Waals surface area (Å²) < 4.78 is 0. The molecule has 0 unspecified atom stereocenters. The SMILES string of the molecule is CNCCCN(C(C)=O)c1ccc(N=C(c2cccc(CCC(=O)O)c2)c2c(O)[nH]c3cc(Cl)ccc23)cc1. The number of carbonyl (C=O) groups is 2. The standard InChI is InChI=1S/C30H31ClN4O4/c1-19(36)35(16-4-15-32-2)24-11-9-23(10-12-24)33-29(21-6-3-5-20(17-21)7-14-27(37)38)28-25-13-8-22(31)18-26(25)34-30(28)39/h3,5-6,8-13,17-18,32,34,39H,4,7,14-16H2,1-2H3,(H,37,38). The average Bonchev–Trinajstić information content (AvgIpc) is 3.23. The van der Waals surface area contributed by atoms with Gasteiger partial charge in [0.15, 0.2) is 5.88 Å². The monoisotopic (exact) mass is 546 g/mol. The van der Waals surface area contributed by atoms with E-state index in [2.05, 4.69) is 10.3 Å². The molecule has 202 valence electrons. The van der Waals surface area contributed by atoms with Gasteiger partial charge in [-0.15, -0.1) is 0 Å². The van der Waals surface area contributed by atoms with E-state index in [0.717, 1.165) is 35.2 Å². The molecule has 3 aromatic carbocycles. The van der Waals surface area contributed by atoms with Crippen LogP contribution in [0.1, 0.15) is 36.5 Å². The van der Waals surface area contributed by atoms with Crippen LogP contribution in [0, 0.1) is 0 Å². The Labute approximate surface area is 232 Å². The predicted octanol–water partition coefficient (Wildman–Crippen LogP) is 5.68. The molecule has 9 heteroatoms. The third kappa shape index (κ3) is 6.85. The van der Waals surface area contributed by atoms with Gasteiger partial charge in [0.25, 0.3) is 0 Å². The number of rotatable bonds is 11. The number of carboxylic acid groups (broad SMARTS) is 1. The molecule has 1 heterocycles. The lowest BCUT2D eigenvalue weighted by atomic mass is 9.97. The molecule has 0 bridgehead atoms. The van der Waals surface area contributed by atoms with Gasteiger partial charge >= 0.3 is 5.97 Å². The zero-order chi connectivity index (χ0) is 27.9. The molecule has 8 nitrogen and oxygen atoms in total. The number of fused-ring (bicyclic) bond motifs is 1. The number of aromatic amines is 1. The van der Waals surface area contributed by atoms with Crippen LogP contribution in [0.15, 0.2) is 71.7 Å². The van der Waals surface area contributed by atoms with Crippen LogP contribution in [-0.4, -0.2) is 52.9 Å². The number of anilines is 1. The number of aryl methyl sites for hydroxylation is 1. The van der Waals surface area contributed by atoms with Crippen LogP contribution in [0.2, 0.25) is 5.02 Å². The number of H-pyrrole nitrogens is 1. The van der Waals surface area contributed by atoms with E-state index in [1.807, 2.05) is 61.6 Å². The van der Waals surface area contributed by atoms with Gasteiger partial charge in [-0.2, -0.15) is 0 Å². The van der Waals surface area contributed by atoms with Crippen LogP contribution in [0.25, 0.3) is 10.9 Å². The highest BCUT2D eigenvalue weighted by Gasteiger charge is 2.20. The molecule has 4 aromatic rings. The van der Waals surface area contributed by atoms with Crippen LogP contribution >= 0.6 is 11.6 Å². The molecule has 0 saturated heterocycles. The molecule has 0 aliphatic carbocycles. The normalized spacial score (nSPS) is 11.6. The number of aliphatic imine (C=N–C) groups is 1. The lowest BCUT2D eigenvalue weighted by Gasteiger charge is -2.21. The van der Waals surface area contributed by atoms with E-state index >= 15 is 0 Å². The number of nitrogens with one attached hydrogen (secondary N) is 2. The number of hydrogen-bond acceptors (Lipinski definition) is 5. The number of carboxylic acids is 1. The van der Waals surface area contributed by atoms with Gasteiger partial charge in [-0.05, 0) is 74.5 Å². The highest BCUT2D eigenvalue weighted by Crippen LogP contribution is 2.33. The second kappa shape index (κ2) is 12.6. The molecular formula is C30H31ClN4O4. The summed E-state index contributed by atoms with van der Waals surface area (Å²) in [5.41, 5.74) is 4.68. The third-order valence-corrected chi connectivity index (χ3v) is 6.63. The first-order valence-electron chi connectivity index (χ1n) is 12.7. The van der Waals surface area contributed by atoms with Gasteiger partial charge in [0.1, 0.15) is 0 Å². The molecule has 0 radical (unpaired) electrons. The van der Waals surface area contributed by atoms with E-state index in [4.69, 9.17) is 21.7 Å². The maximum Gasteiger partial charge on any atom is 0.303 e. The summed E-state index contributed by atoms with van der Waals surface area (Å²) in [7, 11) is 1.88. The molecule has 0 aliphatic rings. The maximum atomic E-state index is 12.3. The Morgan fingerprint density at radius 3 is 2.54 bits per heavy atom. The number of aromatic nitrogens is 1. The van der Waals surface area contributed by atoms with E-state index in [0.29, 0.717) is 40.5 Å². The van der Waals surface area contributed by atoms with Crippen molar-refractivity contribution in [3.05, 3.63) is 88.4 Å². The summed E-state index contributed by atoms with van der Waals surface area (Å²) in [6, 6.07) is 20.2. The fourth-order valence-electron chi connectivity index (χ4n) is 4.50. The number of aliphatic carboxylic acids is 1. The second-order valence-electron chi connectivity index (χ2n) is 9.24. The average molecular weight is 547 g/mol. The van der Waals surface area contributed by atoms with E-state index in [-0.39, 0.29) is 18.2 Å². The van der Waals surface area contributed by atoms with E-state index < -0.39 is 5.97 Å². The Balaban J connectivity index is 1.79. The van der Waals surface area contributed by atoms with Crippen molar-refractivity contribution in [3.8, 4) is 5.88 Å². The number of nitrogens with zero attached hydrogens (tertiary/aromatic N) is 2. The van der Waals surface area contributed by atoms with Crippen LogP contribution < -0.4 is 10.2 Å². The van der Waals surface area contributed by atoms with Crippen molar-refractivity contribution in [2.75, 3.05) is 25.0 Å². The molecule has 0 saturated carbocycles. The number of carbonyl (C=O) groups excluding carboxylic acids is 1. The molecule has 0 fully saturated rings. The summed E-state index contributed by atoms with van der Waals surface area (Å²) in [5.74, 6) is -0.958. The minimum absolute atomic E-state index is 0.00912. The Bertz CT molecular complexity index is 1510. The summed E-state index contributed by atoms with van der Waals surface area (Å²) in [5, 5.41) is 24.5. The lowest BCUT2D eigenvalue weighted by Crippen LogP contribution is -2.31. The van der Waals surface area contributed by atoms with Gasteiger partial charge in [-0.3, -0.25) is 9.59 Å². The van der Waals surface area contributed by atoms with E-state index in [1.165, 1.54) is 0 Å². The van der Waals surface area contributed by atoms with Crippen molar-refractivity contribution in [1.29, 1.82) is 0 Å². The van der Waals surface area contributed by atoms with Crippen molar-refractivity contribution in [1.82, 2.24) is 10.3 Å². The van der Waals surface area contributed by atoms with Gasteiger partial charge in [0, 0.05) is 41.5 Å². The number of benzene rings is 3. The fourth-order valence-corrected chi connectivity index (χ4v) is 4.68. The van der Waals surface area contributed by atoms with E-state index in [1.54, 1.807) is 24.0 Å². The van der Waals surface area contributed by atoms with Gasteiger partial charge in [-0.1, -0.05) is 35.9 Å². The van der Waals surface area contributed by atoms with Gasteiger partial charge < -0.3 is 25.4 Å². The fraction of sp³-hybridized carbons (Fsp3) is 0.233. The molecular weight excluding hydrogens is 516 g/mol. The van der Waals surface area contributed by atoms with Crippen LogP contribution in [0.3, 0.4) is 0 Å². The Morgan fingerprint density at radius 1 is 1.08 bits per heavy atom. The van der Waals surface area contributed by atoms with Gasteiger partial charge in [-0.25, -0.2) is 4.99 Å². The zero-order valence-corrected chi connectivity index (χ0v) is 22.6. The lowest BCUT2D eigenvalue weighted by molar-refractivity contribution is -0.137. The third-order valence-electron chi connectivity index (χ3n) is 6.40. The Kier molecular flexibility index (Phi) is 9.01. The predicted molar refractivity (Wildman–Crippen MR) is 156 cm³/mol. The summed E-state index contributed by atoms with van der Waals surface area (Å²) >= 11 is 6.18. The number of halogens is 1. The van der Waals surface area contributed by atoms with E-state index in [9.17, 15) is 14.7 Å². The summed E-state index contributed by atoms with van der Waals surface area (Å²) in [6.07, 6.45) is 1.20. The smallest absolute Gasteiger partial charge is 0.303 e. The van der Waals surface area contributed by atoms with Crippen LogP contribution in [-0.2, 0) is 16.0 Å². The number of aromatic hydroxyl groups is 1. The van der Waals surface area contributed by atoms with Gasteiger partial charge in [0.05, 0.1) is 22.5 Å². The summed E-state index contributed by atoms with van der Waals surface area (Å²) in [6.45, 7) is 2.95. The number of amides is 1. The topological polar surface area (TPSA) is 118 Å². The molecule has 39 heavy (non-hydrogen) atoms. The first kappa shape index (κ1) is 27.9. The molecule has 4 rings (SSSR count). The minimum atomic E-state index is -0.869. The van der Waals surface area contributed by atoms with Crippen molar-refractivity contribution >= 4 is 51.5 Å². The van der Waals surface area contributed by atoms with Crippen molar-refractivity contribution in [3.63, 3.8) is 0 Å². The molecule has 1 amide bonds. The first-order chi connectivity index (χ1) is 18.8. The first-order valence-corrected chi connectivity index (χ1v) is 13.1. The Hall–Kier alpha value is -4.14. The zero-order valence-electron chi connectivity index (χ0n) is 21.9. The molecule has 4 N–H and O–H groups in total. The summed E-state index contributed by atoms with van der Waals surface area (Å²) in [4.78, 5) is 33.0. The van der Waals surface area contributed by atoms with Gasteiger partial charge in [0.2, 0.25) is 5.91 Å². The van der Waals surface area contributed by atoms with Crippen molar-refractivity contribution < 1.29 is 19.8 Å². The number of hydrogen-bond donors (Lipinski definition) is 4. The van der Waals surface area contributed by atoms with Crippen molar-refractivity contribution in [2.45, 2.75) is 26.2 Å². The molecule has 0 atom stereocenters. The minimum Gasteiger partial charge on any atom is -0.494 e. The highest BCUT2D eigenvalue weighted by atomic mass is 35.5. The van der Waals surface area contributed by atoms with Crippen LogP contribution in [0.5, 0.6) is 5.88 Å².